The molecule has 0 fully saturated rings. The topological polar surface area (TPSA) is 4.93 Å². The summed E-state index contributed by atoms with van der Waals surface area (Å²) in [6.45, 7) is 6.28. The minimum absolute atomic E-state index is 1.18. The summed E-state index contributed by atoms with van der Waals surface area (Å²) in [5.74, 6) is 0. The largest absolute Gasteiger partial charge is 0.312 e. The molecule has 0 amide bonds. The first kappa shape index (κ1) is 9.07. The van der Waals surface area contributed by atoms with Gasteiger partial charge in [0.05, 0.1) is 6.20 Å². The smallest absolute Gasteiger partial charge is 0.0732 e. The van der Waals surface area contributed by atoms with Crippen molar-refractivity contribution in [3.05, 3.63) is 53.3 Å². The lowest BCUT2D eigenvalue weighted by Gasteiger charge is -2.05. The van der Waals surface area contributed by atoms with Gasteiger partial charge in [0.15, 0.2) is 0 Å². The molecule has 1 heteroatoms. The zero-order chi connectivity index (χ0) is 10.1. The lowest BCUT2D eigenvalue weighted by Crippen LogP contribution is -1.94. The summed E-state index contributed by atoms with van der Waals surface area (Å²) < 4.78 is 2.10. The van der Waals surface area contributed by atoms with Crippen molar-refractivity contribution < 1.29 is 0 Å². The predicted molar refractivity (Wildman–Crippen MR) is 58.8 cm³/mol. The molecule has 14 heavy (non-hydrogen) atoms. The van der Waals surface area contributed by atoms with Crippen LogP contribution in [-0.2, 0) is 0 Å². The summed E-state index contributed by atoms with van der Waals surface area (Å²) in [6, 6.07) is 10.6. The fourth-order valence-electron chi connectivity index (χ4n) is 1.71. The first-order valence-corrected chi connectivity index (χ1v) is 4.82. The maximum Gasteiger partial charge on any atom is 0.0732 e. The highest BCUT2D eigenvalue weighted by Crippen LogP contribution is 2.15. The Labute approximate surface area is 85.0 Å². The van der Waals surface area contributed by atoms with Crippen molar-refractivity contribution in [1.29, 1.82) is 0 Å². The molecule has 2 rings (SSSR count). The van der Waals surface area contributed by atoms with E-state index < -0.39 is 0 Å². The summed E-state index contributed by atoms with van der Waals surface area (Å²) in [5.41, 5.74) is 4.88. The van der Waals surface area contributed by atoms with Crippen LogP contribution in [-0.4, -0.2) is 4.57 Å². The maximum atomic E-state index is 3.30. The molecule has 1 heterocycles. The lowest BCUT2D eigenvalue weighted by molar-refractivity contribution is 1.00. The Morgan fingerprint density at radius 3 is 2.43 bits per heavy atom. The van der Waals surface area contributed by atoms with E-state index in [4.69, 9.17) is 0 Å². The molecular formula is C13H14N. The van der Waals surface area contributed by atoms with E-state index in [9.17, 15) is 0 Å². The minimum Gasteiger partial charge on any atom is -0.312 e. The van der Waals surface area contributed by atoms with Crippen LogP contribution in [0.4, 0.5) is 0 Å². The van der Waals surface area contributed by atoms with Crippen molar-refractivity contribution >= 4 is 0 Å². The monoisotopic (exact) mass is 184 g/mol. The Kier molecular flexibility index (Phi) is 2.16. The van der Waals surface area contributed by atoms with Gasteiger partial charge >= 0.3 is 0 Å². The van der Waals surface area contributed by atoms with E-state index in [-0.39, 0.29) is 0 Å². The van der Waals surface area contributed by atoms with Gasteiger partial charge in [0.25, 0.3) is 0 Å². The molecule has 0 saturated heterocycles. The van der Waals surface area contributed by atoms with Crippen LogP contribution < -0.4 is 0 Å². The highest BCUT2D eigenvalue weighted by atomic mass is 15.0. The molecule has 0 saturated carbocycles. The van der Waals surface area contributed by atoms with Gasteiger partial charge in [-0.3, -0.25) is 0 Å². The third-order valence-corrected chi connectivity index (χ3v) is 2.33. The van der Waals surface area contributed by atoms with Crippen molar-refractivity contribution in [2.75, 3.05) is 0 Å². The average Bonchev–Trinajstić information content (AvgIpc) is 2.45. The van der Waals surface area contributed by atoms with E-state index in [1.165, 1.54) is 22.5 Å². The summed E-state index contributed by atoms with van der Waals surface area (Å²) in [4.78, 5) is 0. The Morgan fingerprint density at radius 2 is 1.86 bits per heavy atom. The normalized spacial score (nSPS) is 10.5. The molecule has 1 nitrogen and oxygen atoms in total. The van der Waals surface area contributed by atoms with E-state index in [0.29, 0.717) is 0 Å². The first-order valence-electron chi connectivity index (χ1n) is 4.82. The number of nitrogens with zero attached hydrogens (tertiary/aromatic N) is 1. The molecule has 71 valence electrons. The van der Waals surface area contributed by atoms with E-state index in [2.05, 4.69) is 61.9 Å². The number of benzene rings is 1. The number of rotatable bonds is 1. The molecule has 0 aliphatic heterocycles. The van der Waals surface area contributed by atoms with Gasteiger partial charge in [0.1, 0.15) is 0 Å². The van der Waals surface area contributed by atoms with Crippen molar-refractivity contribution in [2.24, 2.45) is 0 Å². The lowest BCUT2D eigenvalue weighted by atomic mass is 10.2. The second kappa shape index (κ2) is 3.33. The molecule has 0 N–H and O–H groups in total. The minimum atomic E-state index is 1.18. The Morgan fingerprint density at radius 1 is 1.07 bits per heavy atom. The number of hydrogen-bond donors (Lipinski definition) is 0. The molecule has 1 aromatic heterocycles. The summed E-state index contributed by atoms with van der Waals surface area (Å²) >= 11 is 0. The third kappa shape index (κ3) is 1.58. The Bertz CT molecular complexity index is 452. The molecular weight excluding hydrogens is 170 g/mol. The van der Waals surface area contributed by atoms with Crippen molar-refractivity contribution in [1.82, 2.24) is 4.57 Å². The molecule has 1 aromatic carbocycles. The van der Waals surface area contributed by atoms with Crippen LogP contribution in [0, 0.1) is 27.0 Å². The van der Waals surface area contributed by atoms with Gasteiger partial charge < -0.3 is 4.57 Å². The van der Waals surface area contributed by atoms with Crippen molar-refractivity contribution in [2.45, 2.75) is 20.8 Å². The predicted octanol–water partition coefficient (Wildman–Crippen LogP) is 3.20. The van der Waals surface area contributed by atoms with Gasteiger partial charge in [0.2, 0.25) is 0 Å². The standard InChI is InChI=1S/C13H14N/c1-10-5-4-6-13(8-10)14-9-11(2)7-12(14)3/h4-8H,1-3H3. The van der Waals surface area contributed by atoms with Crippen LogP contribution in [0.2, 0.25) is 0 Å². The van der Waals surface area contributed by atoms with Crippen LogP contribution in [0.15, 0.2) is 30.3 Å². The highest BCUT2D eigenvalue weighted by molar-refractivity contribution is 5.38. The third-order valence-electron chi connectivity index (χ3n) is 2.33. The van der Waals surface area contributed by atoms with Gasteiger partial charge in [-0.2, -0.15) is 0 Å². The molecule has 0 bridgehead atoms. The first-order chi connectivity index (χ1) is 6.66. The number of hydrogen-bond acceptors (Lipinski definition) is 0. The second-order valence-corrected chi connectivity index (χ2v) is 3.75. The highest BCUT2D eigenvalue weighted by Gasteiger charge is 2.01. The van der Waals surface area contributed by atoms with Crippen LogP contribution in [0.1, 0.15) is 16.8 Å². The molecule has 1 radical (unpaired) electrons. The van der Waals surface area contributed by atoms with E-state index in [1.807, 2.05) is 0 Å². The van der Waals surface area contributed by atoms with E-state index in [0.717, 1.165) is 0 Å². The van der Waals surface area contributed by atoms with Crippen LogP contribution in [0.25, 0.3) is 5.69 Å². The molecule has 0 spiro atoms. The van der Waals surface area contributed by atoms with Gasteiger partial charge in [-0.15, -0.1) is 0 Å². The molecule has 0 aliphatic carbocycles. The van der Waals surface area contributed by atoms with Gasteiger partial charge in [0, 0.05) is 11.4 Å². The average molecular weight is 184 g/mol. The van der Waals surface area contributed by atoms with E-state index in [1.54, 1.807) is 0 Å². The zero-order valence-electron chi connectivity index (χ0n) is 8.83. The fourth-order valence-corrected chi connectivity index (χ4v) is 1.71. The summed E-state index contributed by atoms with van der Waals surface area (Å²) in [5, 5.41) is 0. The number of aromatic nitrogens is 1. The Hall–Kier alpha value is -1.50. The number of aryl methyl sites for hydroxylation is 3. The van der Waals surface area contributed by atoms with Gasteiger partial charge in [-0.1, -0.05) is 12.1 Å². The zero-order valence-corrected chi connectivity index (χ0v) is 8.83. The second-order valence-electron chi connectivity index (χ2n) is 3.75. The summed E-state index contributed by atoms with van der Waals surface area (Å²) in [7, 11) is 0. The maximum absolute atomic E-state index is 3.30. The quantitative estimate of drug-likeness (QED) is 0.641. The van der Waals surface area contributed by atoms with E-state index >= 15 is 0 Å². The van der Waals surface area contributed by atoms with Crippen LogP contribution >= 0.6 is 0 Å². The molecule has 0 unspecified atom stereocenters. The SMILES string of the molecule is Cc1[c]n(-c2cccc(C)c2)c(C)c1. The molecule has 0 aliphatic rings. The van der Waals surface area contributed by atoms with Gasteiger partial charge in [-0.25, -0.2) is 0 Å². The van der Waals surface area contributed by atoms with Crippen molar-refractivity contribution in [3.63, 3.8) is 0 Å². The van der Waals surface area contributed by atoms with Crippen LogP contribution in [0.5, 0.6) is 0 Å². The molecule has 2 aromatic rings. The molecule has 0 atom stereocenters. The van der Waals surface area contributed by atoms with Crippen molar-refractivity contribution in [3.8, 4) is 5.69 Å². The van der Waals surface area contributed by atoms with Gasteiger partial charge in [-0.05, 0) is 50.1 Å². The Balaban J connectivity index is 2.54. The van der Waals surface area contributed by atoms with Crippen LogP contribution in [0.3, 0.4) is 0 Å². The summed E-state index contributed by atoms with van der Waals surface area (Å²) in [6.07, 6.45) is 3.30. The fraction of sp³-hybridized carbons (Fsp3) is 0.231.